The molecule has 1 amide bonds. The summed E-state index contributed by atoms with van der Waals surface area (Å²) >= 11 is 5.17. The Balaban J connectivity index is 1.43. The fraction of sp³-hybridized carbons (Fsp3) is 0.364. The molecular weight excluding hydrogens is 450 g/mol. The molecule has 1 aliphatic rings. The predicted octanol–water partition coefficient (Wildman–Crippen LogP) is 5.51. The molecule has 0 spiro atoms. The zero-order chi connectivity index (χ0) is 20.1. The van der Waals surface area contributed by atoms with Gasteiger partial charge in [-0.15, -0.1) is 11.3 Å². The van der Waals surface area contributed by atoms with Crippen molar-refractivity contribution in [3.63, 3.8) is 0 Å². The van der Waals surface area contributed by atoms with Crippen molar-refractivity contribution in [3.05, 3.63) is 62.9 Å². The highest BCUT2D eigenvalue weighted by atomic mass is 79.9. The Hall–Kier alpha value is -1.96. The van der Waals surface area contributed by atoms with Crippen molar-refractivity contribution in [1.82, 2.24) is 15.4 Å². The van der Waals surface area contributed by atoms with E-state index < -0.39 is 0 Å². The summed E-state index contributed by atoms with van der Waals surface area (Å²) in [6, 6.07) is 13.9. The summed E-state index contributed by atoms with van der Waals surface area (Å²) in [7, 11) is 0. The van der Waals surface area contributed by atoms with Crippen LogP contribution in [0.1, 0.15) is 47.1 Å². The first kappa shape index (κ1) is 20.3. The van der Waals surface area contributed by atoms with E-state index in [4.69, 9.17) is 4.52 Å². The lowest BCUT2D eigenvalue weighted by atomic mass is 10.1. The summed E-state index contributed by atoms with van der Waals surface area (Å²) < 4.78 is 6.38. The highest BCUT2D eigenvalue weighted by Crippen LogP contribution is 2.27. The fourth-order valence-corrected chi connectivity index (χ4v) is 4.83. The maximum absolute atomic E-state index is 12.7. The standard InChI is InChI=1S/C22H24BrN3O2S/c23-17-9-7-16(8-10-17)20-14-18(25-28-20)22(27)24-15-19(21-6-5-13-29-21)26-11-3-1-2-4-12-26/h5-10,13-14,19H,1-4,11-12,15H2,(H,24,27)/t19-/m0/s1. The number of aromatic nitrogens is 1. The van der Waals surface area contributed by atoms with Crippen LogP contribution in [-0.4, -0.2) is 35.6 Å². The summed E-state index contributed by atoms with van der Waals surface area (Å²) in [5, 5.41) is 9.15. The molecule has 0 unspecified atom stereocenters. The molecule has 3 heterocycles. The number of benzene rings is 1. The summed E-state index contributed by atoms with van der Waals surface area (Å²) in [6.45, 7) is 2.73. The molecule has 5 nitrogen and oxygen atoms in total. The quantitative estimate of drug-likeness (QED) is 0.512. The van der Waals surface area contributed by atoms with E-state index in [1.165, 1.54) is 30.6 Å². The van der Waals surface area contributed by atoms with Gasteiger partial charge in [-0.3, -0.25) is 9.69 Å². The predicted molar refractivity (Wildman–Crippen MR) is 119 cm³/mol. The summed E-state index contributed by atoms with van der Waals surface area (Å²) in [5.41, 5.74) is 1.20. The van der Waals surface area contributed by atoms with Crippen molar-refractivity contribution >= 4 is 33.2 Å². The van der Waals surface area contributed by atoms with Gasteiger partial charge in [0.05, 0.1) is 6.04 Å². The number of thiophene rings is 1. The Kier molecular flexibility index (Phi) is 6.79. The molecule has 1 aromatic carbocycles. The molecule has 0 radical (unpaired) electrons. The second-order valence-electron chi connectivity index (χ2n) is 7.27. The molecule has 7 heteroatoms. The number of amides is 1. The molecule has 3 aromatic rings. The van der Waals surface area contributed by atoms with Gasteiger partial charge in [0.15, 0.2) is 11.5 Å². The van der Waals surface area contributed by atoms with Crippen LogP contribution >= 0.6 is 27.3 Å². The van der Waals surface area contributed by atoms with Crippen LogP contribution in [0.2, 0.25) is 0 Å². The van der Waals surface area contributed by atoms with E-state index in [-0.39, 0.29) is 11.9 Å². The molecule has 4 rings (SSSR count). The normalized spacial score (nSPS) is 16.3. The molecular formula is C22H24BrN3O2S. The molecule has 152 valence electrons. The lowest BCUT2D eigenvalue weighted by Gasteiger charge is -2.30. The average molecular weight is 474 g/mol. The first-order chi connectivity index (χ1) is 14.2. The number of nitrogens with one attached hydrogen (secondary N) is 1. The van der Waals surface area contributed by atoms with Crippen molar-refractivity contribution < 1.29 is 9.32 Å². The van der Waals surface area contributed by atoms with Crippen molar-refractivity contribution in [3.8, 4) is 11.3 Å². The lowest BCUT2D eigenvalue weighted by molar-refractivity contribution is 0.0925. The highest BCUT2D eigenvalue weighted by molar-refractivity contribution is 9.10. The average Bonchev–Trinajstić information content (AvgIpc) is 3.37. The zero-order valence-corrected chi connectivity index (χ0v) is 18.5. The van der Waals surface area contributed by atoms with Crippen LogP contribution in [0.25, 0.3) is 11.3 Å². The van der Waals surface area contributed by atoms with Crippen LogP contribution in [0.4, 0.5) is 0 Å². The third-order valence-electron chi connectivity index (χ3n) is 5.28. The number of hydrogen-bond acceptors (Lipinski definition) is 5. The smallest absolute Gasteiger partial charge is 0.273 e. The molecule has 1 N–H and O–H groups in total. The van der Waals surface area contributed by atoms with E-state index in [1.54, 1.807) is 17.4 Å². The van der Waals surface area contributed by atoms with E-state index >= 15 is 0 Å². The molecule has 29 heavy (non-hydrogen) atoms. The number of nitrogens with zero attached hydrogens (tertiary/aromatic N) is 2. The number of hydrogen-bond donors (Lipinski definition) is 1. The Labute approximate surface area is 183 Å². The van der Waals surface area contributed by atoms with E-state index in [9.17, 15) is 4.79 Å². The number of halogens is 1. The Morgan fingerprint density at radius 3 is 2.62 bits per heavy atom. The zero-order valence-electron chi connectivity index (χ0n) is 16.1. The largest absolute Gasteiger partial charge is 0.355 e. The van der Waals surface area contributed by atoms with E-state index in [1.807, 2.05) is 24.3 Å². The third-order valence-corrected chi connectivity index (χ3v) is 6.78. The van der Waals surface area contributed by atoms with Crippen molar-refractivity contribution in [1.29, 1.82) is 0 Å². The monoisotopic (exact) mass is 473 g/mol. The van der Waals surface area contributed by atoms with Gasteiger partial charge in [0.2, 0.25) is 0 Å². The number of rotatable bonds is 6. The summed E-state index contributed by atoms with van der Waals surface area (Å²) in [6.07, 6.45) is 5.01. The molecule has 1 aliphatic heterocycles. The second kappa shape index (κ2) is 9.69. The molecule has 1 atom stereocenters. The number of carbonyl (C=O) groups is 1. The molecule has 0 aliphatic carbocycles. The molecule has 1 saturated heterocycles. The van der Waals surface area contributed by atoms with Gasteiger partial charge in [-0.05, 0) is 49.5 Å². The Bertz CT molecular complexity index is 916. The van der Waals surface area contributed by atoms with Gasteiger partial charge < -0.3 is 9.84 Å². The summed E-state index contributed by atoms with van der Waals surface area (Å²) in [5.74, 6) is 0.387. The van der Waals surface area contributed by atoms with Crippen molar-refractivity contribution in [2.75, 3.05) is 19.6 Å². The Morgan fingerprint density at radius 2 is 1.93 bits per heavy atom. The Morgan fingerprint density at radius 1 is 1.17 bits per heavy atom. The van der Waals surface area contributed by atoms with Crippen LogP contribution in [0, 0.1) is 0 Å². The van der Waals surface area contributed by atoms with E-state index in [2.05, 4.69) is 48.8 Å². The molecule has 0 saturated carbocycles. The number of likely N-dealkylation sites (tertiary alicyclic amines) is 1. The van der Waals surface area contributed by atoms with E-state index in [0.717, 1.165) is 23.1 Å². The van der Waals surface area contributed by atoms with Crippen molar-refractivity contribution in [2.45, 2.75) is 31.7 Å². The van der Waals surface area contributed by atoms with E-state index in [0.29, 0.717) is 18.0 Å². The van der Waals surface area contributed by atoms with Gasteiger partial charge in [-0.25, -0.2) is 0 Å². The topological polar surface area (TPSA) is 58.4 Å². The minimum absolute atomic E-state index is 0.200. The van der Waals surface area contributed by atoms with Crippen LogP contribution in [-0.2, 0) is 0 Å². The van der Waals surface area contributed by atoms with Crippen molar-refractivity contribution in [2.24, 2.45) is 0 Å². The van der Waals surface area contributed by atoms with Gasteiger partial charge >= 0.3 is 0 Å². The van der Waals surface area contributed by atoms with Gasteiger partial charge in [-0.2, -0.15) is 0 Å². The third kappa shape index (κ3) is 5.15. The second-order valence-corrected chi connectivity index (χ2v) is 9.17. The number of carbonyl (C=O) groups excluding carboxylic acids is 1. The van der Waals surface area contributed by atoms with Crippen LogP contribution in [0.5, 0.6) is 0 Å². The van der Waals surface area contributed by atoms with Gasteiger partial charge in [-0.1, -0.05) is 52.1 Å². The maximum atomic E-state index is 12.7. The minimum atomic E-state index is -0.200. The van der Waals surface area contributed by atoms with Crippen LogP contribution in [0.3, 0.4) is 0 Å². The summed E-state index contributed by atoms with van der Waals surface area (Å²) in [4.78, 5) is 16.5. The fourth-order valence-electron chi connectivity index (χ4n) is 3.71. The SMILES string of the molecule is O=C(NC[C@@H](c1cccs1)N1CCCCCC1)c1cc(-c2ccc(Br)cc2)on1. The maximum Gasteiger partial charge on any atom is 0.273 e. The first-order valence-electron chi connectivity index (χ1n) is 9.99. The lowest BCUT2D eigenvalue weighted by Crippen LogP contribution is -2.38. The van der Waals surface area contributed by atoms with Crippen LogP contribution < -0.4 is 5.32 Å². The van der Waals surface area contributed by atoms with Crippen LogP contribution in [0.15, 0.2) is 56.8 Å². The highest BCUT2D eigenvalue weighted by Gasteiger charge is 2.24. The first-order valence-corrected chi connectivity index (χ1v) is 11.7. The molecule has 0 bridgehead atoms. The minimum Gasteiger partial charge on any atom is -0.355 e. The molecule has 2 aromatic heterocycles. The van der Waals surface area contributed by atoms with Gasteiger partial charge in [0.1, 0.15) is 0 Å². The van der Waals surface area contributed by atoms with Gasteiger partial charge in [0.25, 0.3) is 5.91 Å². The van der Waals surface area contributed by atoms with Gasteiger partial charge in [0, 0.05) is 27.5 Å². The molecule has 1 fully saturated rings.